The highest BCUT2D eigenvalue weighted by Crippen LogP contribution is 2.26. The first-order valence-corrected chi connectivity index (χ1v) is 12.6. The van der Waals surface area contributed by atoms with Crippen LogP contribution < -0.4 is 4.31 Å². The van der Waals surface area contributed by atoms with Crippen LogP contribution in [-0.2, 0) is 30.8 Å². The van der Waals surface area contributed by atoms with Gasteiger partial charge in [0.25, 0.3) is 15.9 Å². The summed E-state index contributed by atoms with van der Waals surface area (Å²) in [5.41, 5.74) is 1.37. The maximum Gasteiger partial charge on any atom is 0.338 e. The van der Waals surface area contributed by atoms with Gasteiger partial charge in [-0.2, -0.15) is 0 Å². The van der Waals surface area contributed by atoms with E-state index in [1.807, 2.05) is 36.4 Å². The lowest BCUT2D eigenvalue weighted by molar-refractivity contribution is -0.138. The Kier molecular flexibility index (Phi) is 7.79. The van der Waals surface area contributed by atoms with Gasteiger partial charge in [-0.1, -0.05) is 54.6 Å². The molecule has 0 radical (unpaired) electrons. The lowest BCUT2D eigenvalue weighted by atomic mass is 10.2. The third-order valence-corrected chi connectivity index (χ3v) is 7.33. The molecular formula is C26H26N2O6S. The second-order valence-electron chi connectivity index (χ2n) is 7.93. The molecule has 8 nitrogen and oxygen atoms in total. The highest BCUT2D eigenvalue weighted by molar-refractivity contribution is 7.92. The van der Waals surface area contributed by atoms with Gasteiger partial charge in [0.15, 0.2) is 6.61 Å². The zero-order valence-electron chi connectivity index (χ0n) is 19.1. The summed E-state index contributed by atoms with van der Waals surface area (Å²) in [7, 11) is -4.02. The van der Waals surface area contributed by atoms with Crippen LogP contribution in [0.5, 0.6) is 0 Å². The summed E-state index contributed by atoms with van der Waals surface area (Å²) in [6.45, 7) is 1.48. The highest BCUT2D eigenvalue weighted by atomic mass is 32.2. The number of nitrogens with zero attached hydrogens (tertiary/aromatic N) is 2. The van der Waals surface area contributed by atoms with Crippen LogP contribution in [-0.4, -0.2) is 58.1 Å². The Morgan fingerprint density at radius 3 is 2.23 bits per heavy atom. The molecule has 1 aliphatic heterocycles. The van der Waals surface area contributed by atoms with E-state index in [9.17, 15) is 18.0 Å². The van der Waals surface area contributed by atoms with Gasteiger partial charge in [-0.25, -0.2) is 13.2 Å². The monoisotopic (exact) mass is 494 g/mol. The number of ether oxygens (including phenoxy) is 2. The summed E-state index contributed by atoms with van der Waals surface area (Å²) in [6.07, 6.45) is 0. The van der Waals surface area contributed by atoms with Crippen molar-refractivity contribution in [3.63, 3.8) is 0 Å². The molecule has 0 atom stereocenters. The van der Waals surface area contributed by atoms with Crippen LogP contribution in [0.1, 0.15) is 15.9 Å². The van der Waals surface area contributed by atoms with Crippen molar-refractivity contribution in [2.75, 3.05) is 37.2 Å². The van der Waals surface area contributed by atoms with Crippen LogP contribution in [0, 0.1) is 0 Å². The third-order valence-electron chi connectivity index (χ3n) is 5.56. The molecule has 35 heavy (non-hydrogen) atoms. The van der Waals surface area contributed by atoms with E-state index in [1.165, 1.54) is 28.6 Å². The fourth-order valence-corrected chi connectivity index (χ4v) is 5.18. The van der Waals surface area contributed by atoms with Gasteiger partial charge in [-0.15, -0.1) is 0 Å². The number of para-hydroxylation sites is 1. The lowest BCUT2D eigenvalue weighted by Gasteiger charge is -2.26. The van der Waals surface area contributed by atoms with E-state index in [4.69, 9.17) is 9.47 Å². The fourth-order valence-electron chi connectivity index (χ4n) is 3.68. The van der Waals surface area contributed by atoms with Crippen LogP contribution in [0.2, 0.25) is 0 Å². The molecule has 0 bridgehead atoms. The molecule has 1 fully saturated rings. The van der Waals surface area contributed by atoms with Gasteiger partial charge in [-0.3, -0.25) is 9.10 Å². The van der Waals surface area contributed by atoms with Crippen LogP contribution in [0.25, 0.3) is 0 Å². The molecule has 1 saturated heterocycles. The summed E-state index contributed by atoms with van der Waals surface area (Å²) < 4.78 is 39.1. The number of carbonyl (C=O) groups excluding carboxylic acids is 2. The quantitative estimate of drug-likeness (QED) is 0.447. The molecular weight excluding hydrogens is 468 g/mol. The second-order valence-corrected chi connectivity index (χ2v) is 9.79. The number of benzene rings is 3. The van der Waals surface area contributed by atoms with E-state index in [-0.39, 0.29) is 22.9 Å². The third kappa shape index (κ3) is 6.06. The van der Waals surface area contributed by atoms with E-state index in [0.29, 0.717) is 32.0 Å². The number of rotatable bonds is 8. The van der Waals surface area contributed by atoms with Gasteiger partial charge in [0.2, 0.25) is 0 Å². The predicted molar refractivity (Wildman–Crippen MR) is 130 cm³/mol. The Bertz CT molecular complexity index is 1260. The SMILES string of the molecule is O=C(OCC(=O)N1CCOCC1)c1cccc(S(=O)(=O)N(Cc2ccccc2)c2ccccc2)c1. The summed E-state index contributed by atoms with van der Waals surface area (Å²) >= 11 is 0. The largest absolute Gasteiger partial charge is 0.452 e. The number of hydrogen-bond acceptors (Lipinski definition) is 6. The van der Waals surface area contributed by atoms with E-state index < -0.39 is 22.6 Å². The van der Waals surface area contributed by atoms with Crippen molar-refractivity contribution in [3.8, 4) is 0 Å². The molecule has 4 rings (SSSR count). The number of hydrogen-bond donors (Lipinski definition) is 0. The van der Waals surface area contributed by atoms with Gasteiger partial charge < -0.3 is 14.4 Å². The number of carbonyl (C=O) groups is 2. The van der Waals surface area contributed by atoms with Crippen LogP contribution in [0.15, 0.2) is 89.8 Å². The van der Waals surface area contributed by atoms with Crippen LogP contribution in [0.4, 0.5) is 5.69 Å². The molecule has 0 spiro atoms. The maximum atomic E-state index is 13.7. The number of anilines is 1. The fraction of sp³-hybridized carbons (Fsp3) is 0.231. The Morgan fingerprint density at radius 1 is 0.886 bits per heavy atom. The smallest absolute Gasteiger partial charge is 0.338 e. The van der Waals surface area contributed by atoms with E-state index >= 15 is 0 Å². The van der Waals surface area contributed by atoms with Gasteiger partial charge in [-0.05, 0) is 35.9 Å². The molecule has 0 N–H and O–H groups in total. The summed E-state index contributed by atoms with van der Waals surface area (Å²) in [6, 6.07) is 23.7. The molecule has 0 unspecified atom stereocenters. The van der Waals surface area contributed by atoms with Crippen molar-refractivity contribution in [1.29, 1.82) is 0 Å². The van der Waals surface area contributed by atoms with Gasteiger partial charge in [0, 0.05) is 13.1 Å². The summed E-state index contributed by atoms with van der Waals surface area (Å²) in [5.74, 6) is -1.08. The van der Waals surface area contributed by atoms with Crippen molar-refractivity contribution in [1.82, 2.24) is 4.90 Å². The molecule has 0 aromatic heterocycles. The predicted octanol–water partition coefficient (Wildman–Crippen LogP) is 3.10. The molecule has 3 aromatic rings. The number of esters is 1. The Hall–Kier alpha value is -3.69. The van der Waals surface area contributed by atoms with Crippen molar-refractivity contribution in [2.45, 2.75) is 11.4 Å². The Morgan fingerprint density at radius 2 is 1.54 bits per heavy atom. The average Bonchev–Trinajstić information content (AvgIpc) is 2.91. The van der Waals surface area contributed by atoms with Gasteiger partial charge in [0.05, 0.1) is 35.9 Å². The molecule has 182 valence electrons. The number of sulfonamides is 1. The second kappa shape index (κ2) is 11.2. The average molecular weight is 495 g/mol. The topological polar surface area (TPSA) is 93.2 Å². The van der Waals surface area contributed by atoms with Gasteiger partial charge in [0.1, 0.15) is 0 Å². The van der Waals surface area contributed by atoms with Crippen molar-refractivity contribution in [2.24, 2.45) is 0 Å². The van der Waals surface area contributed by atoms with E-state index in [0.717, 1.165) is 5.56 Å². The standard InChI is InChI=1S/C26H26N2O6S/c29-25(27-14-16-33-17-15-27)20-34-26(30)22-10-7-13-24(18-22)35(31,32)28(23-11-5-2-6-12-23)19-21-8-3-1-4-9-21/h1-13,18H,14-17,19-20H2. The molecule has 1 amide bonds. The summed E-state index contributed by atoms with van der Waals surface area (Å²) in [5, 5.41) is 0. The number of morpholine rings is 1. The highest BCUT2D eigenvalue weighted by Gasteiger charge is 2.26. The van der Waals surface area contributed by atoms with Crippen LogP contribution >= 0.6 is 0 Å². The van der Waals surface area contributed by atoms with E-state index in [2.05, 4.69) is 0 Å². The normalized spacial score (nSPS) is 13.8. The molecule has 0 saturated carbocycles. The molecule has 1 heterocycles. The molecule has 0 aliphatic carbocycles. The maximum absolute atomic E-state index is 13.7. The zero-order valence-corrected chi connectivity index (χ0v) is 19.9. The van der Waals surface area contributed by atoms with Crippen molar-refractivity contribution < 1.29 is 27.5 Å². The minimum atomic E-state index is -4.02. The van der Waals surface area contributed by atoms with Crippen LogP contribution in [0.3, 0.4) is 0 Å². The minimum absolute atomic E-state index is 0.0496. The van der Waals surface area contributed by atoms with Gasteiger partial charge >= 0.3 is 5.97 Å². The molecule has 3 aromatic carbocycles. The number of amides is 1. The first kappa shape index (κ1) is 24.4. The van der Waals surface area contributed by atoms with E-state index in [1.54, 1.807) is 29.2 Å². The minimum Gasteiger partial charge on any atom is -0.452 e. The lowest BCUT2D eigenvalue weighted by Crippen LogP contribution is -2.42. The zero-order chi connectivity index (χ0) is 24.7. The van der Waals surface area contributed by atoms with Crippen molar-refractivity contribution in [3.05, 3.63) is 96.1 Å². The van der Waals surface area contributed by atoms with Crippen molar-refractivity contribution >= 4 is 27.6 Å². The Labute approximate surface area is 204 Å². The Balaban J connectivity index is 1.54. The summed E-state index contributed by atoms with van der Waals surface area (Å²) in [4.78, 5) is 26.4. The first-order valence-electron chi connectivity index (χ1n) is 11.2. The first-order chi connectivity index (χ1) is 16.9. The molecule has 9 heteroatoms. The molecule has 1 aliphatic rings.